The van der Waals surface area contributed by atoms with Crippen LogP contribution in [0.4, 0.5) is 5.82 Å². The molecule has 8 heteroatoms. The van der Waals surface area contributed by atoms with Crippen LogP contribution in [0.15, 0.2) is 61.6 Å². The number of anilines is 1. The normalized spacial score (nSPS) is 14.0. The van der Waals surface area contributed by atoms with Crippen LogP contribution < -0.4 is 10.9 Å². The number of para-hydroxylation sites is 1. The van der Waals surface area contributed by atoms with Crippen molar-refractivity contribution in [2.24, 2.45) is 11.1 Å². The molecule has 4 aromatic rings. The van der Waals surface area contributed by atoms with Crippen molar-refractivity contribution in [1.29, 1.82) is 0 Å². The Hall–Kier alpha value is -2.94. The van der Waals surface area contributed by atoms with Gasteiger partial charge in [0.25, 0.3) is 0 Å². The summed E-state index contributed by atoms with van der Waals surface area (Å²) in [5.74, 6) is 0.616. The van der Waals surface area contributed by atoms with E-state index in [4.69, 9.17) is 10.9 Å². The summed E-state index contributed by atoms with van der Waals surface area (Å²) < 4.78 is 13.4. The third kappa shape index (κ3) is 4.34. The Labute approximate surface area is 190 Å². The number of nitrogen functional groups attached to an aromatic ring is 1. The van der Waals surface area contributed by atoms with Gasteiger partial charge in [-0.15, -0.1) is 6.58 Å². The predicted molar refractivity (Wildman–Crippen MR) is 131 cm³/mol. The average Bonchev–Trinajstić information content (AvgIpc) is 3.13. The maximum absolute atomic E-state index is 12.0. The molecule has 0 aliphatic rings. The standard InChI is InChI=1S/C24H28N6OS/c1-4-7-16(13-24(2,3)32(26)31)10-19-12-20(22-23(25)28-15-29-30(19)22)18-11-17-8-5-6-9-21(17)27-14-18/h4-6,8-9,11-12,14-16H,1,7,10,13,26H2,2-3H3,(H2,25,28,29). The van der Waals surface area contributed by atoms with Crippen LogP contribution in [0.5, 0.6) is 0 Å². The van der Waals surface area contributed by atoms with E-state index < -0.39 is 16.1 Å². The minimum Gasteiger partial charge on any atom is -0.598 e. The molecule has 32 heavy (non-hydrogen) atoms. The number of hydrogen-bond acceptors (Lipinski definition) is 6. The van der Waals surface area contributed by atoms with Gasteiger partial charge in [-0.25, -0.2) is 9.50 Å². The Kier molecular flexibility index (Phi) is 6.19. The van der Waals surface area contributed by atoms with Crippen LogP contribution in [0.3, 0.4) is 0 Å². The Morgan fingerprint density at radius 3 is 2.78 bits per heavy atom. The molecular formula is C24H28N6OS. The zero-order valence-corrected chi connectivity index (χ0v) is 19.2. The van der Waals surface area contributed by atoms with Crippen LogP contribution in [0.25, 0.3) is 27.5 Å². The lowest BCUT2D eigenvalue weighted by atomic mass is 9.89. The van der Waals surface area contributed by atoms with Gasteiger partial charge in [-0.1, -0.05) is 24.3 Å². The zero-order chi connectivity index (χ0) is 22.9. The molecule has 4 N–H and O–H groups in total. The van der Waals surface area contributed by atoms with Gasteiger partial charge < -0.3 is 10.3 Å². The fourth-order valence-corrected chi connectivity index (χ4v) is 4.66. The summed E-state index contributed by atoms with van der Waals surface area (Å²) in [6.07, 6.45) is 7.41. The Morgan fingerprint density at radius 2 is 2.03 bits per heavy atom. The molecular weight excluding hydrogens is 420 g/mol. The van der Waals surface area contributed by atoms with Crippen LogP contribution in [-0.4, -0.2) is 28.9 Å². The monoisotopic (exact) mass is 448 g/mol. The number of nitrogens with two attached hydrogens (primary N) is 2. The largest absolute Gasteiger partial charge is 0.598 e. The highest BCUT2D eigenvalue weighted by atomic mass is 32.2. The highest BCUT2D eigenvalue weighted by molar-refractivity contribution is 7.90. The summed E-state index contributed by atoms with van der Waals surface area (Å²) in [7, 11) is 0. The first kappa shape index (κ1) is 22.3. The van der Waals surface area contributed by atoms with Crippen LogP contribution in [-0.2, 0) is 17.8 Å². The Bertz CT molecular complexity index is 1270. The molecule has 0 radical (unpaired) electrons. The van der Waals surface area contributed by atoms with Crippen molar-refractivity contribution < 1.29 is 4.55 Å². The molecule has 0 aliphatic heterocycles. The van der Waals surface area contributed by atoms with Crippen molar-refractivity contribution in [3.8, 4) is 11.1 Å². The van der Waals surface area contributed by atoms with Gasteiger partial charge in [0, 0.05) is 46.2 Å². The molecule has 0 bridgehead atoms. The van der Waals surface area contributed by atoms with E-state index in [0.717, 1.165) is 39.7 Å². The van der Waals surface area contributed by atoms with E-state index in [1.165, 1.54) is 6.33 Å². The highest BCUT2D eigenvalue weighted by Crippen LogP contribution is 2.34. The minimum absolute atomic E-state index is 0.201. The summed E-state index contributed by atoms with van der Waals surface area (Å²) in [6, 6.07) is 12.2. The van der Waals surface area contributed by atoms with E-state index >= 15 is 0 Å². The van der Waals surface area contributed by atoms with Crippen molar-refractivity contribution in [1.82, 2.24) is 19.6 Å². The molecule has 0 saturated heterocycles. The zero-order valence-electron chi connectivity index (χ0n) is 18.4. The molecule has 4 rings (SSSR count). The van der Waals surface area contributed by atoms with Crippen LogP contribution in [0.1, 0.15) is 32.4 Å². The molecule has 3 heterocycles. The summed E-state index contributed by atoms with van der Waals surface area (Å²) >= 11 is -1.42. The molecule has 0 amide bonds. The second-order valence-corrected chi connectivity index (χ2v) is 10.4. The lowest BCUT2D eigenvalue weighted by molar-refractivity contribution is 0.410. The van der Waals surface area contributed by atoms with Crippen LogP contribution in [0, 0.1) is 5.92 Å². The summed E-state index contributed by atoms with van der Waals surface area (Å²) in [6.45, 7) is 7.77. The van der Waals surface area contributed by atoms with Crippen LogP contribution >= 0.6 is 0 Å². The maximum Gasteiger partial charge on any atom is 0.151 e. The lowest BCUT2D eigenvalue weighted by Crippen LogP contribution is -2.39. The van der Waals surface area contributed by atoms with E-state index in [0.29, 0.717) is 18.7 Å². The first-order chi connectivity index (χ1) is 15.3. The molecule has 0 saturated carbocycles. The maximum atomic E-state index is 12.0. The van der Waals surface area contributed by atoms with Gasteiger partial charge in [0.05, 0.1) is 5.52 Å². The number of fused-ring (bicyclic) bond motifs is 2. The first-order valence-corrected chi connectivity index (χ1v) is 11.7. The van der Waals surface area contributed by atoms with Gasteiger partial charge in [-0.3, -0.25) is 4.98 Å². The van der Waals surface area contributed by atoms with Gasteiger partial charge in [0.1, 0.15) is 16.6 Å². The van der Waals surface area contributed by atoms with Crippen LogP contribution in [0.2, 0.25) is 0 Å². The van der Waals surface area contributed by atoms with E-state index in [-0.39, 0.29) is 5.92 Å². The highest BCUT2D eigenvalue weighted by Gasteiger charge is 2.33. The quantitative estimate of drug-likeness (QED) is 0.310. The van der Waals surface area contributed by atoms with Crippen molar-refractivity contribution in [3.63, 3.8) is 0 Å². The molecule has 2 atom stereocenters. The van der Waals surface area contributed by atoms with Gasteiger partial charge in [-0.2, -0.15) is 10.2 Å². The fourth-order valence-electron chi connectivity index (χ4n) is 4.26. The van der Waals surface area contributed by atoms with Crippen molar-refractivity contribution in [3.05, 3.63) is 67.3 Å². The first-order valence-electron chi connectivity index (χ1n) is 10.5. The summed E-state index contributed by atoms with van der Waals surface area (Å²) in [5.41, 5.74) is 10.9. The van der Waals surface area contributed by atoms with E-state index in [9.17, 15) is 4.55 Å². The molecule has 7 nitrogen and oxygen atoms in total. The van der Waals surface area contributed by atoms with E-state index in [1.54, 1.807) is 0 Å². The molecule has 0 fully saturated rings. The number of allylic oxidation sites excluding steroid dienone is 1. The SMILES string of the molecule is C=CCC(Cc1cc(-c2cnc3ccccc3c2)c2c(N)ncnn12)CC(C)(C)[S+](N)[O-]. The molecule has 1 aromatic carbocycles. The summed E-state index contributed by atoms with van der Waals surface area (Å²) in [4.78, 5) is 8.83. The second kappa shape index (κ2) is 8.90. The Morgan fingerprint density at radius 1 is 1.25 bits per heavy atom. The van der Waals surface area contributed by atoms with Gasteiger partial charge in [0.15, 0.2) is 5.82 Å². The number of pyridine rings is 1. The third-order valence-corrected chi connectivity index (χ3v) is 7.14. The number of rotatable bonds is 8. The number of nitrogens with zero attached hydrogens (tertiary/aromatic N) is 4. The van der Waals surface area contributed by atoms with Crippen molar-refractivity contribution in [2.45, 2.75) is 37.9 Å². The second-order valence-electron chi connectivity index (χ2n) is 8.73. The number of aromatic nitrogens is 4. The predicted octanol–water partition coefficient (Wildman–Crippen LogP) is 4.05. The lowest BCUT2D eigenvalue weighted by Gasteiger charge is -2.28. The van der Waals surface area contributed by atoms with Gasteiger partial charge in [0.2, 0.25) is 0 Å². The molecule has 0 aliphatic carbocycles. The van der Waals surface area contributed by atoms with E-state index in [1.807, 2.05) is 54.9 Å². The molecule has 3 aromatic heterocycles. The van der Waals surface area contributed by atoms with Crippen molar-refractivity contribution in [2.75, 3.05) is 5.73 Å². The average molecular weight is 449 g/mol. The summed E-state index contributed by atoms with van der Waals surface area (Å²) in [5, 5.41) is 11.3. The smallest absolute Gasteiger partial charge is 0.151 e. The molecule has 166 valence electrons. The molecule has 0 spiro atoms. The fraction of sp³-hybridized carbons (Fsp3) is 0.292. The van der Waals surface area contributed by atoms with Gasteiger partial charge in [-0.05, 0) is 50.8 Å². The molecule has 2 unspecified atom stereocenters. The number of hydrogen-bond donors (Lipinski definition) is 2. The van der Waals surface area contributed by atoms with Crippen molar-refractivity contribution >= 4 is 33.6 Å². The third-order valence-electron chi connectivity index (χ3n) is 5.88. The minimum atomic E-state index is -1.42. The number of benzene rings is 1. The topological polar surface area (TPSA) is 118 Å². The Balaban J connectivity index is 1.78. The van der Waals surface area contributed by atoms with E-state index in [2.05, 4.69) is 33.8 Å². The van der Waals surface area contributed by atoms with Gasteiger partial charge >= 0.3 is 0 Å².